The van der Waals surface area contributed by atoms with Crippen molar-refractivity contribution in [3.63, 3.8) is 0 Å². The molecule has 1 fully saturated rings. The first-order chi connectivity index (χ1) is 12.0. The van der Waals surface area contributed by atoms with Crippen LogP contribution in [-0.4, -0.2) is 45.4 Å². The van der Waals surface area contributed by atoms with E-state index >= 15 is 0 Å². The van der Waals surface area contributed by atoms with Crippen LogP contribution in [0, 0.1) is 0 Å². The highest BCUT2D eigenvalue weighted by molar-refractivity contribution is 14.0. The summed E-state index contributed by atoms with van der Waals surface area (Å²) < 4.78 is 17.4. The van der Waals surface area contributed by atoms with E-state index < -0.39 is 16.4 Å². The molecule has 6 nitrogen and oxygen atoms in total. The van der Waals surface area contributed by atoms with Crippen molar-refractivity contribution < 1.29 is 13.7 Å². The molecule has 8 heteroatoms. The number of aliphatic imine (C=N–C) groups is 1. The van der Waals surface area contributed by atoms with Crippen molar-refractivity contribution in [2.24, 2.45) is 4.99 Å². The Bertz CT molecular complexity index is 578. The Balaban J connectivity index is 0.00000338. The van der Waals surface area contributed by atoms with E-state index in [4.69, 9.17) is 4.42 Å². The summed E-state index contributed by atoms with van der Waals surface area (Å²) in [4.78, 5) is 4.53. The summed E-state index contributed by atoms with van der Waals surface area (Å²) in [5.41, 5.74) is -1.15. The molecule has 1 aliphatic carbocycles. The molecule has 0 bridgehead atoms. The third-order valence-corrected chi connectivity index (χ3v) is 6.31. The molecule has 4 atom stereocenters. The molecule has 0 radical (unpaired) electrons. The van der Waals surface area contributed by atoms with Crippen LogP contribution in [0.4, 0.5) is 0 Å². The van der Waals surface area contributed by atoms with Gasteiger partial charge in [0.05, 0.1) is 12.8 Å². The van der Waals surface area contributed by atoms with Crippen molar-refractivity contribution in [2.75, 3.05) is 18.8 Å². The van der Waals surface area contributed by atoms with Crippen LogP contribution in [0.1, 0.15) is 52.2 Å². The maximum atomic E-state index is 12.1. The first-order valence-electron chi connectivity index (χ1n) is 9.14. The fraction of sp³-hybridized carbons (Fsp3) is 0.722. The standard InChI is InChI=1S/C18H31N3O3S.HI/c1-4-19-17(20-13-18(3,22)16-10-7-11-24-16)21-14-8-6-9-15(12-14)25(23)5-2;/h7,10-11,14-15,22H,4-6,8-9,12-13H2,1-3H3,(H2,19,20,21);1H. The van der Waals surface area contributed by atoms with Crippen LogP contribution >= 0.6 is 24.0 Å². The van der Waals surface area contributed by atoms with Crippen LogP contribution in [0.25, 0.3) is 0 Å². The Morgan fingerprint density at radius 1 is 1.46 bits per heavy atom. The second-order valence-corrected chi connectivity index (χ2v) is 8.75. The van der Waals surface area contributed by atoms with Crippen LogP contribution in [0.2, 0.25) is 0 Å². The van der Waals surface area contributed by atoms with Gasteiger partial charge in [0.25, 0.3) is 0 Å². The van der Waals surface area contributed by atoms with Crippen LogP contribution < -0.4 is 10.6 Å². The highest BCUT2D eigenvalue weighted by Crippen LogP contribution is 2.23. The lowest BCUT2D eigenvalue weighted by molar-refractivity contribution is 0.0436. The lowest BCUT2D eigenvalue weighted by atomic mass is 9.95. The van der Waals surface area contributed by atoms with Crippen LogP contribution in [0.3, 0.4) is 0 Å². The molecule has 1 aliphatic rings. The lowest BCUT2D eigenvalue weighted by Crippen LogP contribution is -2.47. The van der Waals surface area contributed by atoms with Gasteiger partial charge >= 0.3 is 0 Å². The van der Waals surface area contributed by atoms with E-state index in [1.165, 1.54) is 0 Å². The number of halogens is 1. The van der Waals surface area contributed by atoms with Gasteiger partial charge in [-0.05, 0) is 45.2 Å². The predicted molar refractivity (Wildman–Crippen MR) is 118 cm³/mol. The van der Waals surface area contributed by atoms with E-state index in [-0.39, 0.29) is 41.8 Å². The number of guanidine groups is 1. The van der Waals surface area contributed by atoms with Crippen molar-refractivity contribution in [3.05, 3.63) is 24.2 Å². The van der Waals surface area contributed by atoms with Crippen LogP contribution in [0.15, 0.2) is 27.8 Å². The van der Waals surface area contributed by atoms with Crippen LogP contribution in [-0.2, 0) is 16.4 Å². The van der Waals surface area contributed by atoms with Gasteiger partial charge in [-0.15, -0.1) is 24.0 Å². The summed E-state index contributed by atoms with van der Waals surface area (Å²) in [7, 11) is -0.744. The lowest BCUT2D eigenvalue weighted by Gasteiger charge is -2.30. The smallest absolute Gasteiger partial charge is 0.191 e. The maximum Gasteiger partial charge on any atom is 0.191 e. The van der Waals surface area contributed by atoms with Crippen molar-refractivity contribution in [1.82, 2.24) is 10.6 Å². The first kappa shape index (κ1) is 23.4. The van der Waals surface area contributed by atoms with E-state index in [1.54, 1.807) is 25.3 Å². The van der Waals surface area contributed by atoms with Gasteiger partial charge in [0.1, 0.15) is 11.4 Å². The van der Waals surface area contributed by atoms with Gasteiger partial charge in [0.15, 0.2) is 5.96 Å². The van der Waals surface area contributed by atoms with E-state index in [0.29, 0.717) is 11.7 Å². The number of hydrogen-bond donors (Lipinski definition) is 3. The quantitative estimate of drug-likeness (QED) is 0.307. The molecular weight excluding hydrogens is 465 g/mol. The zero-order valence-corrected chi connectivity index (χ0v) is 19.0. The Kier molecular flexibility index (Phi) is 10.2. The number of aliphatic hydroxyl groups is 1. The van der Waals surface area contributed by atoms with Crippen molar-refractivity contribution in [1.29, 1.82) is 0 Å². The third-order valence-electron chi connectivity index (χ3n) is 4.56. The Hall–Kier alpha value is -0.610. The molecule has 0 amide bonds. The maximum absolute atomic E-state index is 12.1. The van der Waals surface area contributed by atoms with Gasteiger partial charge < -0.3 is 20.2 Å². The topological polar surface area (TPSA) is 86.9 Å². The fourth-order valence-corrected chi connectivity index (χ4v) is 4.51. The minimum Gasteiger partial charge on any atom is -0.466 e. The normalized spacial score (nSPS) is 24.2. The van der Waals surface area contributed by atoms with Gasteiger partial charge in [0.2, 0.25) is 0 Å². The van der Waals surface area contributed by atoms with Crippen molar-refractivity contribution in [2.45, 2.75) is 63.3 Å². The largest absolute Gasteiger partial charge is 0.466 e. The number of nitrogens with one attached hydrogen (secondary N) is 2. The van der Waals surface area contributed by atoms with Crippen molar-refractivity contribution in [3.8, 4) is 0 Å². The van der Waals surface area contributed by atoms with E-state index in [2.05, 4.69) is 15.6 Å². The number of hydrogen-bond acceptors (Lipinski definition) is 4. The van der Waals surface area contributed by atoms with Gasteiger partial charge in [-0.1, -0.05) is 13.3 Å². The predicted octanol–water partition coefficient (Wildman–Crippen LogP) is 2.74. The summed E-state index contributed by atoms with van der Waals surface area (Å²) in [5, 5.41) is 17.5. The second-order valence-electron chi connectivity index (χ2n) is 6.75. The summed E-state index contributed by atoms with van der Waals surface area (Å²) in [6.07, 6.45) is 5.62. The summed E-state index contributed by atoms with van der Waals surface area (Å²) in [6, 6.07) is 3.77. The summed E-state index contributed by atoms with van der Waals surface area (Å²) in [6.45, 7) is 6.63. The van der Waals surface area contributed by atoms with Gasteiger partial charge in [-0.3, -0.25) is 4.21 Å². The molecule has 150 valence electrons. The molecule has 2 rings (SSSR count). The van der Waals surface area contributed by atoms with Crippen LogP contribution in [0.5, 0.6) is 0 Å². The Morgan fingerprint density at radius 2 is 2.23 bits per heavy atom. The Morgan fingerprint density at radius 3 is 2.85 bits per heavy atom. The average molecular weight is 497 g/mol. The Labute approximate surface area is 176 Å². The average Bonchev–Trinajstić information content (AvgIpc) is 3.15. The third kappa shape index (κ3) is 6.84. The first-order valence-corrected chi connectivity index (χ1v) is 10.5. The molecule has 26 heavy (non-hydrogen) atoms. The van der Waals surface area contributed by atoms with Gasteiger partial charge in [-0.2, -0.15) is 0 Å². The SMILES string of the molecule is CCNC(=NCC(C)(O)c1ccco1)NC1CCCC(S(=O)CC)C1.I. The number of furan rings is 1. The molecule has 1 saturated carbocycles. The van der Waals surface area contributed by atoms with Gasteiger partial charge in [0, 0.05) is 34.4 Å². The van der Waals surface area contributed by atoms with Crippen molar-refractivity contribution >= 4 is 40.7 Å². The van der Waals surface area contributed by atoms with E-state index in [9.17, 15) is 9.32 Å². The molecule has 3 N–H and O–H groups in total. The molecule has 1 aromatic rings. The molecular formula is C18H32IN3O3S. The molecule has 1 aromatic heterocycles. The highest BCUT2D eigenvalue weighted by Gasteiger charge is 2.28. The highest BCUT2D eigenvalue weighted by atomic mass is 127. The zero-order chi connectivity index (χ0) is 18.3. The molecule has 4 unspecified atom stereocenters. The van der Waals surface area contributed by atoms with E-state index in [0.717, 1.165) is 38.0 Å². The number of rotatable bonds is 7. The minimum absolute atomic E-state index is 0. The molecule has 0 saturated heterocycles. The molecule has 0 spiro atoms. The van der Waals surface area contributed by atoms with Gasteiger partial charge in [-0.25, -0.2) is 4.99 Å². The van der Waals surface area contributed by atoms with E-state index in [1.807, 2.05) is 13.8 Å². The monoisotopic (exact) mass is 497 g/mol. The summed E-state index contributed by atoms with van der Waals surface area (Å²) in [5.74, 6) is 1.91. The second kappa shape index (κ2) is 11.3. The summed E-state index contributed by atoms with van der Waals surface area (Å²) >= 11 is 0. The molecule has 0 aromatic carbocycles. The minimum atomic E-state index is -1.15. The number of nitrogens with zero attached hydrogens (tertiary/aromatic N) is 1. The molecule has 1 heterocycles. The zero-order valence-electron chi connectivity index (χ0n) is 15.9. The fourth-order valence-electron chi connectivity index (χ4n) is 3.16. The molecule has 0 aliphatic heterocycles.